The topological polar surface area (TPSA) is 3.24 Å². The Bertz CT molecular complexity index is 562. The molecule has 0 fully saturated rings. The molecule has 0 aliphatic heterocycles. The van der Waals surface area contributed by atoms with Crippen LogP contribution in [-0.4, -0.2) is 13.1 Å². The van der Waals surface area contributed by atoms with E-state index in [-0.39, 0.29) is 0 Å². The van der Waals surface area contributed by atoms with Crippen LogP contribution in [0.3, 0.4) is 0 Å². The van der Waals surface area contributed by atoms with Gasteiger partial charge in [-0.1, -0.05) is 41.4 Å². The van der Waals surface area contributed by atoms with Gasteiger partial charge in [-0.2, -0.15) is 0 Å². The molecule has 2 aromatic rings. The molecule has 2 rings (SSSR count). The van der Waals surface area contributed by atoms with Crippen molar-refractivity contribution in [3.8, 4) is 11.1 Å². The van der Waals surface area contributed by atoms with Crippen LogP contribution in [0.5, 0.6) is 0 Å². The summed E-state index contributed by atoms with van der Waals surface area (Å²) in [6, 6.07) is 13.9. The highest BCUT2D eigenvalue weighted by Gasteiger charge is 2.11. The van der Waals surface area contributed by atoms with Crippen molar-refractivity contribution >= 4 is 28.9 Å². The molecule has 3 heteroatoms. The Labute approximate surface area is 124 Å². The number of halogens is 2. The third-order valence-corrected chi connectivity index (χ3v) is 3.67. The average molecular weight is 294 g/mol. The molecule has 2 aromatic carbocycles. The highest BCUT2D eigenvalue weighted by Crippen LogP contribution is 2.34. The van der Waals surface area contributed by atoms with Crippen molar-refractivity contribution < 1.29 is 0 Å². The number of anilines is 1. The zero-order valence-corrected chi connectivity index (χ0v) is 12.7. The summed E-state index contributed by atoms with van der Waals surface area (Å²) in [5, 5.41) is 1.51. The van der Waals surface area contributed by atoms with Crippen LogP contribution >= 0.6 is 23.2 Å². The van der Waals surface area contributed by atoms with Crippen LogP contribution in [0.4, 0.5) is 5.69 Å². The summed E-state index contributed by atoms with van der Waals surface area (Å²) >= 11 is 12.2. The van der Waals surface area contributed by atoms with E-state index in [0.717, 1.165) is 39.9 Å². The summed E-state index contributed by atoms with van der Waals surface area (Å²) in [6.07, 6.45) is 0. The number of benzene rings is 2. The lowest BCUT2D eigenvalue weighted by Gasteiger charge is -2.24. The molecule has 0 amide bonds. The van der Waals surface area contributed by atoms with Gasteiger partial charge in [0.25, 0.3) is 0 Å². The van der Waals surface area contributed by atoms with Crippen molar-refractivity contribution in [2.45, 2.75) is 13.8 Å². The summed E-state index contributed by atoms with van der Waals surface area (Å²) < 4.78 is 0. The predicted molar refractivity (Wildman–Crippen MR) is 85.5 cm³/mol. The Morgan fingerprint density at radius 1 is 0.895 bits per heavy atom. The van der Waals surface area contributed by atoms with E-state index < -0.39 is 0 Å². The molecular formula is C16H17Cl2N. The number of hydrogen-bond donors (Lipinski definition) is 0. The Morgan fingerprint density at radius 2 is 1.58 bits per heavy atom. The zero-order valence-electron chi connectivity index (χ0n) is 11.2. The second-order valence-electron chi connectivity index (χ2n) is 4.34. The Hall–Kier alpha value is -1.18. The minimum atomic E-state index is 0.748. The van der Waals surface area contributed by atoms with Crippen LogP contribution in [0, 0.1) is 0 Å². The fourth-order valence-electron chi connectivity index (χ4n) is 2.23. The smallest absolute Gasteiger partial charge is 0.0460 e. The fraction of sp³-hybridized carbons (Fsp3) is 0.250. The molecule has 100 valence electrons. The van der Waals surface area contributed by atoms with Gasteiger partial charge in [0.1, 0.15) is 0 Å². The van der Waals surface area contributed by atoms with Gasteiger partial charge in [0.2, 0.25) is 0 Å². The molecular weight excluding hydrogens is 277 g/mol. The lowest BCUT2D eigenvalue weighted by Crippen LogP contribution is -2.22. The van der Waals surface area contributed by atoms with Gasteiger partial charge in [-0.3, -0.25) is 0 Å². The van der Waals surface area contributed by atoms with Crippen LogP contribution in [0.1, 0.15) is 13.8 Å². The van der Waals surface area contributed by atoms with E-state index >= 15 is 0 Å². The quantitative estimate of drug-likeness (QED) is 0.719. The fourth-order valence-corrected chi connectivity index (χ4v) is 2.59. The maximum atomic E-state index is 6.14. The molecule has 0 bridgehead atoms. The molecule has 1 nitrogen and oxygen atoms in total. The van der Waals surface area contributed by atoms with Gasteiger partial charge >= 0.3 is 0 Å². The van der Waals surface area contributed by atoms with E-state index in [1.54, 1.807) is 0 Å². The highest BCUT2D eigenvalue weighted by atomic mass is 35.5. The molecule has 0 aromatic heterocycles. The zero-order chi connectivity index (χ0) is 13.8. The van der Waals surface area contributed by atoms with Gasteiger partial charge in [0.05, 0.1) is 0 Å². The molecule has 0 unspecified atom stereocenters. The first-order valence-electron chi connectivity index (χ1n) is 6.46. The Morgan fingerprint density at radius 3 is 2.21 bits per heavy atom. The van der Waals surface area contributed by atoms with Crippen LogP contribution in [-0.2, 0) is 0 Å². The molecule has 0 aliphatic rings. The van der Waals surface area contributed by atoms with Gasteiger partial charge in [-0.15, -0.1) is 0 Å². The molecule has 0 spiro atoms. The monoisotopic (exact) mass is 293 g/mol. The van der Waals surface area contributed by atoms with E-state index in [4.69, 9.17) is 23.2 Å². The van der Waals surface area contributed by atoms with Crippen LogP contribution in [0.15, 0.2) is 42.5 Å². The standard InChI is InChI=1S/C16H17Cl2N/c1-3-19(4-2)16-11-14(18)8-9-15(16)12-6-5-7-13(17)10-12/h5-11H,3-4H2,1-2H3. The summed E-state index contributed by atoms with van der Waals surface area (Å²) in [4.78, 5) is 2.29. The lowest BCUT2D eigenvalue weighted by molar-refractivity contribution is 0.867. The van der Waals surface area contributed by atoms with E-state index in [1.807, 2.05) is 30.3 Å². The van der Waals surface area contributed by atoms with Crippen molar-refractivity contribution in [1.29, 1.82) is 0 Å². The highest BCUT2D eigenvalue weighted by molar-refractivity contribution is 6.31. The van der Waals surface area contributed by atoms with E-state index in [0.29, 0.717) is 0 Å². The molecule has 0 heterocycles. The average Bonchev–Trinajstić information content (AvgIpc) is 2.40. The second kappa shape index (κ2) is 6.31. The largest absolute Gasteiger partial charge is 0.372 e. The molecule has 0 saturated heterocycles. The molecule has 0 atom stereocenters. The van der Waals surface area contributed by atoms with Gasteiger partial charge in [-0.25, -0.2) is 0 Å². The number of hydrogen-bond acceptors (Lipinski definition) is 1. The van der Waals surface area contributed by atoms with E-state index in [2.05, 4.69) is 30.9 Å². The number of rotatable bonds is 4. The van der Waals surface area contributed by atoms with Crippen molar-refractivity contribution in [3.05, 3.63) is 52.5 Å². The first-order chi connectivity index (χ1) is 9.15. The Kier molecular flexibility index (Phi) is 4.73. The van der Waals surface area contributed by atoms with Gasteiger partial charge in [0.15, 0.2) is 0 Å². The maximum Gasteiger partial charge on any atom is 0.0460 e. The lowest BCUT2D eigenvalue weighted by atomic mass is 10.0. The van der Waals surface area contributed by atoms with Crippen LogP contribution in [0.25, 0.3) is 11.1 Å². The maximum absolute atomic E-state index is 6.14. The minimum absolute atomic E-state index is 0.748. The van der Waals surface area contributed by atoms with E-state index in [1.165, 1.54) is 0 Å². The third-order valence-electron chi connectivity index (χ3n) is 3.20. The van der Waals surface area contributed by atoms with Crippen molar-refractivity contribution in [2.24, 2.45) is 0 Å². The van der Waals surface area contributed by atoms with Gasteiger partial charge < -0.3 is 4.90 Å². The van der Waals surface area contributed by atoms with Crippen molar-refractivity contribution in [1.82, 2.24) is 0 Å². The molecule has 0 saturated carbocycles. The molecule has 19 heavy (non-hydrogen) atoms. The Balaban J connectivity index is 2.56. The first-order valence-corrected chi connectivity index (χ1v) is 7.21. The van der Waals surface area contributed by atoms with Crippen LogP contribution in [0.2, 0.25) is 10.0 Å². The van der Waals surface area contributed by atoms with Gasteiger partial charge in [-0.05, 0) is 43.7 Å². The first kappa shape index (κ1) is 14.2. The predicted octanol–water partition coefficient (Wildman–Crippen LogP) is 5.51. The molecule has 0 aliphatic carbocycles. The molecule has 0 radical (unpaired) electrons. The minimum Gasteiger partial charge on any atom is -0.372 e. The second-order valence-corrected chi connectivity index (χ2v) is 5.22. The SMILES string of the molecule is CCN(CC)c1cc(Cl)ccc1-c1cccc(Cl)c1. The van der Waals surface area contributed by atoms with Crippen LogP contribution < -0.4 is 4.90 Å². The van der Waals surface area contributed by atoms with Crippen molar-refractivity contribution in [2.75, 3.05) is 18.0 Å². The summed E-state index contributed by atoms with van der Waals surface area (Å²) in [5.74, 6) is 0. The summed E-state index contributed by atoms with van der Waals surface area (Å²) in [6.45, 7) is 6.19. The van der Waals surface area contributed by atoms with Gasteiger partial charge in [0, 0.05) is 34.4 Å². The number of nitrogens with zero attached hydrogens (tertiary/aromatic N) is 1. The summed E-state index contributed by atoms with van der Waals surface area (Å²) in [7, 11) is 0. The summed E-state index contributed by atoms with van der Waals surface area (Å²) in [5.41, 5.74) is 3.43. The third kappa shape index (κ3) is 3.23. The van der Waals surface area contributed by atoms with E-state index in [9.17, 15) is 0 Å². The molecule has 0 N–H and O–H groups in total. The normalized spacial score (nSPS) is 10.5. The van der Waals surface area contributed by atoms with Crippen molar-refractivity contribution in [3.63, 3.8) is 0 Å².